The molecule has 0 radical (unpaired) electrons. The van der Waals surface area contributed by atoms with Crippen molar-refractivity contribution < 1.29 is 0 Å². The molecule has 21 heavy (non-hydrogen) atoms. The number of nitrogens with one attached hydrogen (secondary N) is 1. The maximum absolute atomic E-state index is 9.01. The van der Waals surface area contributed by atoms with E-state index in [1.165, 1.54) is 16.3 Å². The maximum Gasteiger partial charge on any atom is 0.145 e. The van der Waals surface area contributed by atoms with E-state index < -0.39 is 0 Å². The van der Waals surface area contributed by atoms with Gasteiger partial charge in [0.15, 0.2) is 0 Å². The van der Waals surface area contributed by atoms with Crippen LogP contribution in [0.15, 0.2) is 54.6 Å². The summed E-state index contributed by atoms with van der Waals surface area (Å²) in [6.45, 7) is 2.57. The smallest absolute Gasteiger partial charge is 0.145 e. The first kappa shape index (κ1) is 13.1. The molecule has 1 N–H and O–H groups in total. The fraction of sp³-hybridized carbons (Fsp3) is 0.111. The molecule has 0 spiro atoms. The van der Waals surface area contributed by atoms with E-state index in [0.29, 0.717) is 12.2 Å². The second-order valence-corrected chi connectivity index (χ2v) is 5.01. The molecule has 3 heteroatoms. The Balaban J connectivity index is 1.78. The Kier molecular flexibility index (Phi) is 3.53. The van der Waals surface area contributed by atoms with E-state index in [1.54, 1.807) is 0 Å². The van der Waals surface area contributed by atoms with E-state index in [0.717, 1.165) is 11.4 Å². The van der Waals surface area contributed by atoms with Gasteiger partial charge in [0.2, 0.25) is 0 Å². The summed E-state index contributed by atoms with van der Waals surface area (Å²) in [6.07, 6.45) is 0. The first-order chi connectivity index (χ1) is 10.3. The molecule has 3 aromatic rings. The third-order valence-corrected chi connectivity index (χ3v) is 3.49. The Labute approximate surface area is 123 Å². The Hall–Kier alpha value is -2.86. The fourth-order valence-corrected chi connectivity index (χ4v) is 2.28. The molecule has 102 valence electrons. The molecule has 0 aliphatic rings. The molecular weight excluding hydrogens is 258 g/mol. The van der Waals surface area contributed by atoms with Crippen molar-refractivity contribution in [1.82, 2.24) is 4.98 Å². The third-order valence-electron chi connectivity index (χ3n) is 3.49. The van der Waals surface area contributed by atoms with Gasteiger partial charge in [-0.25, -0.2) is 4.98 Å². The number of rotatable bonds is 3. The van der Waals surface area contributed by atoms with Gasteiger partial charge < -0.3 is 5.32 Å². The molecule has 0 unspecified atom stereocenters. The minimum absolute atomic E-state index is 0.471. The monoisotopic (exact) mass is 273 g/mol. The summed E-state index contributed by atoms with van der Waals surface area (Å²) in [6, 6.07) is 20.6. The van der Waals surface area contributed by atoms with Crippen LogP contribution in [0.5, 0.6) is 0 Å². The lowest BCUT2D eigenvalue weighted by Crippen LogP contribution is -2.02. The summed E-state index contributed by atoms with van der Waals surface area (Å²) >= 11 is 0. The molecule has 0 aliphatic heterocycles. The summed E-state index contributed by atoms with van der Waals surface area (Å²) in [5.41, 5.74) is 2.56. The van der Waals surface area contributed by atoms with E-state index in [9.17, 15) is 0 Å². The second kappa shape index (κ2) is 5.64. The van der Waals surface area contributed by atoms with Crippen molar-refractivity contribution >= 4 is 16.6 Å². The average Bonchev–Trinajstić information content (AvgIpc) is 2.54. The van der Waals surface area contributed by atoms with Gasteiger partial charge in [0.05, 0.1) is 0 Å². The molecule has 3 nitrogen and oxygen atoms in total. The number of pyridine rings is 1. The predicted octanol–water partition coefficient (Wildman–Crippen LogP) is 4.03. The molecule has 0 bridgehead atoms. The SMILES string of the molecule is Cc1ccc(NCc2ccc3ccccc3c2)nc1C#N. The van der Waals surface area contributed by atoms with E-state index >= 15 is 0 Å². The molecule has 1 aromatic heterocycles. The Morgan fingerprint density at radius 2 is 1.86 bits per heavy atom. The maximum atomic E-state index is 9.01. The van der Waals surface area contributed by atoms with Crippen LogP contribution in [-0.2, 0) is 6.54 Å². The zero-order valence-corrected chi connectivity index (χ0v) is 11.8. The molecular formula is C18H15N3. The van der Waals surface area contributed by atoms with Crippen molar-refractivity contribution in [3.63, 3.8) is 0 Å². The Morgan fingerprint density at radius 3 is 2.67 bits per heavy atom. The average molecular weight is 273 g/mol. The Bertz CT molecular complexity index is 831. The highest BCUT2D eigenvalue weighted by Gasteiger charge is 2.02. The van der Waals surface area contributed by atoms with Gasteiger partial charge >= 0.3 is 0 Å². The zero-order chi connectivity index (χ0) is 14.7. The van der Waals surface area contributed by atoms with E-state index in [2.05, 4.69) is 46.7 Å². The largest absolute Gasteiger partial charge is 0.366 e. The summed E-state index contributed by atoms with van der Waals surface area (Å²) in [4.78, 5) is 4.30. The highest BCUT2D eigenvalue weighted by atomic mass is 15.0. The van der Waals surface area contributed by atoms with Crippen molar-refractivity contribution in [2.24, 2.45) is 0 Å². The molecule has 0 amide bonds. The minimum Gasteiger partial charge on any atom is -0.366 e. The van der Waals surface area contributed by atoms with Crippen LogP contribution in [-0.4, -0.2) is 4.98 Å². The van der Waals surface area contributed by atoms with Crippen molar-refractivity contribution in [2.75, 3.05) is 5.32 Å². The standard InChI is InChI=1S/C18H15N3/c1-13-6-9-18(21-17(13)11-19)20-12-14-7-8-15-4-2-3-5-16(15)10-14/h2-10H,12H2,1H3,(H,20,21). The van der Waals surface area contributed by atoms with E-state index in [-0.39, 0.29) is 0 Å². The van der Waals surface area contributed by atoms with Gasteiger partial charge in [0.1, 0.15) is 17.6 Å². The number of nitriles is 1. The van der Waals surface area contributed by atoms with Crippen molar-refractivity contribution in [3.8, 4) is 6.07 Å². The summed E-state index contributed by atoms with van der Waals surface area (Å²) < 4.78 is 0. The molecule has 1 heterocycles. The normalized spacial score (nSPS) is 10.3. The quantitative estimate of drug-likeness (QED) is 0.783. The van der Waals surface area contributed by atoms with Crippen LogP contribution in [0.2, 0.25) is 0 Å². The van der Waals surface area contributed by atoms with Gasteiger partial charge in [0.25, 0.3) is 0 Å². The summed E-state index contributed by atoms with van der Waals surface area (Å²) in [5.74, 6) is 0.727. The summed E-state index contributed by atoms with van der Waals surface area (Å²) in [7, 11) is 0. The number of aromatic nitrogens is 1. The molecule has 0 saturated carbocycles. The first-order valence-corrected chi connectivity index (χ1v) is 6.85. The molecule has 2 aromatic carbocycles. The van der Waals surface area contributed by atoms with Crippen LogP contribution < -0.4 is 5.32 Å². The number of aryl methyl sites for hydroxylation is 1. The van der Waals surface area contributed by atoms with Gasteiger partial charge in [0, 0.05) is 6.54 Å². The molecule has 0 saturated heterocycles. The van der Waals surface area contributed by atoms with Gasteiger partial charge in [-0.05, 0) is 41.0 Å². The number of anilines is 1. The number of benzene rings is 2. The van der Waals surface area contributed by atoms with E-state index in [1.807, 2.05) is 31.2 Å². The number of hydrogen-bond donors (Lipinski definition) is 1. The van der Waals surface area contributed by atoms with Gasteiger partial charge in [-0.3, -0.25) is 0 Å². The van der Waals surface area contributed by atoms with Gasteiger partial charge in [-0.15, -0.1) is 0 Å². The predicted molar refractivity (Wildman–Crippen MR) is 85.0 cm³/mol. The van der Waals surface area contributed by atoms with Gasteiger partial charge in [-0.1, -0.05) is 42.5 Å². The van der Waals surface area contributed by atoms with Crippen LogP contribution in [0.4, 0.5) is 5.82 Å². The Morgan fingerprint density at radius 1 is 1.05 bits per heavy atom. The highest BCUT2D eigenvalue weighted by Crippen LogP contribution is 2.17. The van der Waals surface area contributed by atoms with Crippen LogP contribution in [0, 0.1) is 18.3 Å². The van der Waals surface area contributed by atoms with Crippen molar-refractivity contribution in [3.05, 3.63) is 71.4 Å². The molecule has 0 fully saturated rings. The second-order valence-electron chi connectivity index (χ2n) is 5.01. The lowest BCUT2D eigenvalue weighted by Gasteiger charge is -2.08. The fourth-order valence-electron chi connectivity index (χ4n) is 2.28. The van der Waals surface area contributed by atoms with Crippen LogP contribution in [0.3, 0.4) is 0 Å². The lowest BCUT2D eigenvalue weighted by atomic mass is 10.1. The first-order valence-electron chi connectivity index (χ1n) is 6.85. The molecule has 0 atom stereocenters. The number of fused-ring (bicyclic) bond motifs is 1. The van der Waals surface area contributed by atoms with Gasteiger partial charge in [-0.2, -0.15) is 5.26 Å². The van der Waals surface area contributed by atoms with Crippen molar-refractivity contribution in [2.45, 2.75) is 13.5 Å². The minimum atomic E-state index is 0.471. The number of nitrogens with zero attached hydrogens (tertiary/aromatic N) is 2. The van der Waals surface area contributed by atoms with Crippen LogP contribution >= 0.6 is 0 Å². The molecule has 0 aliphatic carbocycles. The number of hydrogen-bond acceptors (Lipinski definition) is 3. The summed E-state index contributed by atoms with van der Waals surface area (Å²) in [5, 5.41) is 14.7. The highest BCUT2D eigenvalue weighted by molar-refractivity contribution is 5.83. The van der Waals surface area contributed by atoms with Crippen molar-refractivity contribution in [1.29, 1.82) is 5.26 Å². The lowest BCUT2D eigenvalue weighted by molar-refractivity contribution is 1.10. The molecule has 3 rings (SSSR count). The third kappa shape index (κ3) is 2.85. The topological polar surface area (TPSA) is 48.7 Å². The van der Waals surface area contributed by atoms with Crippen LogP contribution in [0.1, 0.15) is 16.8 Å². The van der Waals surface area contributed by atoms with E-state index in [4.69, 9.17) is 5.26 Å². The zero-order valence-electron chi connectivity index (χ0n) is 11.8. The van der Waals surface area contributed by atoms with Crippen LogP contribution in [0.25, 0.3) is 10.8 Å².